The molecule has 2 aliphatic rings. The van der Waals surface area contributed by atoms with Crippen LogP contribution in [0.25, 0.3) is 0 Å². The highest BCUT2D eigenvalue weighted by molar-refractivity contribution is 7.09. The first-order valence-corrected chi connectivity index (χ1v) is 12.0. The van der Waals surface area contributed by atoms with Gasteiger partial charge < -0.3 is 24.0 Å². The lowest BCUT2D eigenvalue weighted by Crippen LogP contribution is -2.46. The Kier molecular flexibility index (Phi) is 7.65. The summed E-state index contributed by atoms with van der Waals surface area (Å²) in [6.07, 6.45) is 3.65. The van der Waals surface area contributed by atoms with Gasteiger partial charge in [0.1, 0.15) is 0 Å². The van der Waals surface area contributed by atoms with Crippen LogP contribution in [0.4, 0.5) is 0 Å². The first-order valence-electron chi connectivity index (χ1n) is 11.1. The third-order valence-corrected chi connectivity index (χ3v) is 6.82. The van der Waals surface area contributed by atoms with E-state index < -0.39 is 0 Å². The number of methoxy groups -OCH3 is 1. The summed E-state index contributed by atoms with van der Waals surface area (Å²) in [5.74, 6) is 1.53. The van der Waals surface area contributed by atoms with Gasteiger partial charge in [-0.1, -0.05) is 18.6 Å². The van der Waals surface area contributed by atoms with Gasteiger partial charge >= 0.3 is 0 Å². The molecule has 1 fully saturated rings. The molecule has 0 atom stereocenters. The van der Waals surface area contributed by atoms with Gasteiger partial charge in [-0.3, -0.25) is 9.59 Å². The normalized spacial score (nSPS) is 14.8. The van der Waals surface area contributed by atoms with Gasteiger partial charge in [-0.2, -0.15) is 0 Å². The number of benzene rings is 1. The van der Waals surface area contributed by atoms with Crippen molar-refractivity contribution >= 4 is 23.2 Å². The third-order valence-electron chi connectivity index (χ3n) is 5.96. The van der Waals surface area contributed by atoms with Crippen LogP contribution in [0.2, 0.25) is 0 Å². The van der Waals surface area contributed by atoms with E-state index in [2.05, 4.69) is 0 Å². The average Bonchev–Trinajstić information content (AvgIpc) is 3.42. The predicted octanol–water partition coefficient (Wildman–Crippen LogP) is 3.67. The molecule has 32 heavy (non-hydrogen) atoms. The summed E-state index contributed by atoms with van der Waals surface area (Å²) in [5.41, 5.74) is 0.968. The molecule has 2 heterocycles. The second kappa shape index (κ2) is 10.8. The van der Waals surface area contributed by atoms with Gasteiger partial charge in [0.25, 0.3) is 0 Å². The van der Waals surface area contributed by atoms with Gasteiger partial charge in [0.05, 0.1) is 13.1 Å². The van der Waals surface area contributed by atoms with E-state index in [-0.39, 0.29) is 31.1 Å². The largest absolute Gasteiger partial charge is 0.454 e. The van der Waals surface area contributed by atoms with Crippen molar-refractivity contribution in [2.45, 2.75) is 38.8 Å². The molecule has 1 aliphatic carbocycles. The number of hydrogen-bond donors (Lipinski definition) is 0. The average molecular weight is 459 g/mol. The maximum absolute atomic E-state index is 13.4. The molecule has 7 nitrogen and oxygen atoms in total. The Labute approximate surface area is 192 Å². The predicted molar refractivity (Wildman–Crippen MR) is 122 cm³/mol. The molecule has 0 radical (unpaired) electrons. The molecule has 1 aromatic heterocycles. The topological polar surface area (TPSA) is 68.3 Å². The zero-order valence-electron chi connectivity index (χ0n) is 18.5. The number of carbonyl (C=O) groups excluding carboxylic acids is 2. The summed E-state index contributed by atoms with van der Waals surface area (Å²) in [6.45, 7) is 2.36. The van der Waals surface area contributed by atoms with Crippen molar-refractivity contribution in [3.8, 4) is 11.5 Å². The van der Waals surface area contributed by atoms with Gasteiger partial charge in [0.2, 0.25) is 18.6 Å². The summed E-state index contributed by atoms with van der Waals surface area (Å²) in [6, 6.07) is 9.77. The lowest BCUT2D eigenvalue weighted by molar-refractivity contribution is -0.145. The second-order valence-corrected chi connectivity index (χ2v) is 9.28. The van der Waals surface area contributed by atoms with Gasteiger partial charge in [0.15, 0.2) is 11.5 Å². The first-order chi connectivity index (χ1) is 15.6. The van der Waals surface area contributed by atoms with Crippen LogP contribution in [-0.4, -0.2) is 55.2 Å². The van der Waals surface area contributed by atoms with Gasteiger partial charge in [-0.15, -0.1) is 11.3 Å². The summed E-state index contributed by atoms with van der Waals surface area (Å²) < 4.78 is 16.1. The van der Waals surface area contributed by atoms with E-state index in [9.17, 15) is 9.59 Å². The number of rotatable bonds is 11. The molecule has 0 spiro atoms. The molecule has 0 N–H and O–H groups in total. The third kappa shape index (κ3) is 5.61. The number of thiophene rings is 1. The van der Waals surface area contributed by atoms with Crippen LogP contribution in [0.3, 0.4) is 0 Å². The quantitative estimate of drug-likeness (QED) is 0.481. The number of carbonyl (C=O) groups is 2. The van der Waals surface area contributed by atoms with Crippen LogP contribution < -0.4 is 9.47 Å². The summed E-state index contributed by atoms with van der Waals surface area (Å²) in [5, 5.41) is 2.01. The van der Waals surface area contributed by atoms with E-state index in [1.54, 1.807) is 23.3 Å². The number of ether oxygens (including phenoxy) is 3. The Morgan fingerprint density at radius 3 is 2.69 bits per heavy atom. The van der Waals surface area contributed by atoms with Crippen molar-refractivity contribution in [1.82, 2.24) is 9.80 Å². The van der Waals surface area contributed by atoms with E-state index >= 15 is 0 Å². The Hall–Kier alpha value is -2.58. The molecular weight excluding hydrogens is 428 g/mol. The van der Waals surface area contributed by atoms with Crippen LogP contribution in [0, 0.1) is 5.92 Å². The zero-order valence-corrected chi connectivity index (χ0v) is 19.3. The van der Waals surface area contributed by atoms with Gasteiger partial charge in [-0.25, -0.2) is 0 Å². The van der Waals surface area contributed by atoms with E-state index in [0.717, 1.165) is 41.9 Å². The van der Waals surface area contributed by atoms with E-state index in [4.69, 9.17) is 14.2 Å². The highest BCUT2D eigenvalue weighted by Crippen LogP contribution is 2.33. The smallest absolute Gasteiger partial charge is 0.242 e. The molecular formula is C24H30N2O5S. The Bertz CT molecular complexity index is 913. The minimum absolute atomic E-state index is 0.0545. The minimum atomic E-state index is -0.0545. The van der Waals surface area contributed by atoms with Crippen LogP contribution in [0.1, 0.15) is 36.1 Å². The van der Waals surface area contributed by atoms with Crippen molar-refractivity contribution in [2.24, 2.45) is 5.92 Å². The molecule has 1 aromatic carbocycles. The number of amides is 2. The molecule has 0 unspecified atom stereocenters. The van der Waals surface area contributed by atoms with Crippen molar-refractivity contribution < 1.29 is 23.8 Å². The Morgan fingerprint density at radius 2 is 1.97 bits per heavy atom. The lowest BCUT2D eigenvalue weighted by atomic mass is 9.84. The van der Waals surface area contributed by atoms with Crippen molar-refractivity contribution in [3.05, 3.63) is 46.2 Å². The Balaban J connectivity index is 1.47. The lowest BCUT2D eigenvalue weighted by Gasteiger charge is -2.33. The van der Waals surface area contributed by atoms with Gasteiger partial charge in [0, 0.05) is 37.6 Å². The first kappa shape index (κ1) is 22.6. The number of nitrogens with zero attached hydrogens (tertiary/aromatic N) is 2. The molecule has 1 aliphatic heterocycles. The highest BCUT2D eigenvalue weighted by Gasteiger charge is 2.31. The zero-order chi connectivity index (χ0) is 22.3. The van der Waals surface area contributed by atoms with E-state index in [1.807, 2.05) is 40.6 Å². The monoisotopic (exact) mass is 458 g/mol. The fraction of sp³-hybridized carbons (Fsp3) is 0.500. The summed E-state index contributed by atoms with van der Waals surface area (Å²) in [4.78, 5) is 31.1. The maximum Gasteiger partial charge on any atom is 0.242 e. The molecule has 0 bridgehead atoms. The van der Waals surface area contributed by atoms with Crippen LogP contribution in [0.15, 0.2) is 35.7 Å². The van der Waals surface area contributed by atoms with Crippen LogP contribution >= 0.6 is 11.3 Å². The highest BCUT2D eigenvalue weighted by atomic mass is 32.1. The van der Waals surface area contributed by atoms with Crippen molar-refractivity contribution in [1.29, 1.82) is 0 Å². The maximum atomic E-state index is 13.4. The SMILES string of the molecule is COCCCN(CC(=O)N(Cc1ccc2c(c1)OCO2)Cc1cccs1)C(=O)C1CCC1. The second-order valence-electron chi connectivity index (χ2n) is 8.25. The molecule has 2 amide bonds. The molecule has 172 valence electrons. The minimum Gasteiger partial charge on any atom is -0.454 e. The fourth-order valence-corrected chi connectivity index (χ4v) is 4.65. The molecule has 8 heteroatoms. The molecule has 1 saturated carbocycles. The van der Waals surface area contributed by atoms with E-state index in [1.165, 1.54) is 0 Å². The van der Waals surface area contributed by atoms with Crippen LogP contribution in [0.5, 0.6) is 11.5 Å². The number of fused-ring (bicyclic) bond motifs is 1. The summed E-state index contributed by atoms with van der Waals surface area (Å²) >= 11 is 1.62. The molecule has 0 saturated heterocycles. The molecule has 2 aromatic rings. The molecule has 4 rings (SSSR count). The van der Waals surface area contributed by atoms with E-state index in [0.29, 0.717) is 32.0 Å². The summed E-state index contributed by atoms with van der Waals surface area (Å²) in [7, 11) is 1.65. The standard InChI is InChI=1S/C24H30N2O5S/c1-29-11-4-10-25(24(28)19-5-2-6-19)16-23(27)26(15-20-7-3-12-32-20)14-18-8-9-21-22(13-18)31-17-30-21/h3,7-9,12-13,19H,2,4-6,10-11,14-17H2,1H3. The number of hydrogen-bond acceptors (Lipinski definition) is 6. The van der Waals surface area contributed by atoms with Crippen molar-refractivity contribution in [2.75, 3.05) is 33.6 Å². The van der Waals surface area contributed by atoms with Crippen LogP contribution in [-0.2, 0) is 27.4 Å². The fourth-order valence-electron chi connectivity index (χ4n) is 3.93. The Morgan fingerprint density at radius 1 is 1.12 bits per heavy atom. The van der Waals surface area contributed by atoms with Gasteiger partial charge in [-0.05, 0) is 48.4 Å². The van der Waals surface area contributed by atoms with Crippen molar-refractivity contribution in [3.63, 3.8) is 0 Å².